The van der Waals surface area contributed by atoms with Gasteiger partial charge in [-0.2, -0.15) is 0 Å². The maximum Gasteiger partial charge on any atom is 0.326 e. The molecule has 5 nitrogen and oxygen atoms in total. The number of ether oxygens (including phenoxy) is 1. The highest BCUT2D eigenvalue weighted by Crippen LogP contribution is 2.29. The molecule has 1 saturated carbocycles. The molecule has 1 aromatic rings. The normalized spacial score (nSPS) is 15.6. The fraction of sp³-hybridized carbons (Fsp3) is 0.500. The van der Waals surface area contributed by atoms with Crippen molar-refractivity contribution in [2.45, 2.75) is 32.7 Å². The lowest BCUT2D eigenvalue weighted by atomic mass is 10.0. The van der Waals surface area contributed by atoms with Gasteiger partial charge in [0.05, 0.1) is 6.61 Å². The fourth-order valence-electron chi connectivity index (χ4n) is 1.94. The Morgan fingerprint density at radius 2 is 1.90 bits per heavy atom. The second-order valence-electron chi connectivity index (χ2n) is 5.81. The van der Waals surface area contributed by atoms with E-state index in [1.165, 1.54) is 12.8 Å². The van der Waals surface area contributed by atoms with Crippen molar-refractivity contribution in [1.29, 1.82) is 0 Å². The second kappa shape index (κ2) is 6.61. The fourth-order valence-corrected chi connectivity index (χ4v) is 1.94. The number of carboxylic acid groups (broad SMARTS) is 1. The second-order valence-corrected chi connectivity index (χ2v) is 5.81. The van der Waals surface area contributed by atoms with E-state index in [-0.39, 0.29) is 11.8 Å². The van der Waals surface area contributed by atoms with Crippen LogP contribution in [0.1, 0.15) is 37.0 Å². The van der Waals surface area contributed by atoms with Gasteiger partial charge in [0.2, 0.25) is 0 Å². The number of nitrogens with one attached hydrogen (secondary N) is 1. The lowest BCUT2D eigenvalue weighted by Crippen LogP contribution is -2.44. The first-order valence-electron chi connectivity index (χ1n) is 7.24. The van der Waals surface area contributed by atoms with Crippen LogP contribution in [0.15, 0.2) is 24.3 Å². The van der Waals surface area contributed by atoms with Crippen LogP contribution in [-0.4, -0.2) is 29.6 Å². The third kappa shape index (κ3) is 4.48. The predicted molar refractivity (Wildman–Crippen MR) is 78.4 cm³/mol. The van der Waals surface area contributed by atoms with Gasteiger partial charge in [-0.25, -0.2) is 4.79 Å². The van der Waals surface area contributed by atoms with Crippen LogP contribution in [0, 0.1) is 11.8 Å². The molecule has 0 spiro atoms. The number of hydrogen-bond acceptors (Lipinski definition) is 3. The Hall–Kier alpha value is -2.04. The number of carbonyl (C=O) groups is 2. The van der Waals surface area contributed by atoms with Gasteiger partial charge in [-0.15, -0.1) is 0 Å². The van der Waals surface area contributed by atoms with Crippen LogP contribution in [-0.2, 0) is 4.79 Å². The van der Waals surface area contributed by atoms with E-state index in [1.54, 1.807) is 38.1 Å². The summed E-state index contributed by atoms with van der Waals surface area (Å²) in [4.78, 5) is 23.1. The van der Waals surface area contributed by atoms with Gasteiger partial charge in [0.1, 0.15) is 11.8 Å². The molecular formula is C16H21NO4. The third-order valence-corrected chi connectivity index (χ3v) is 3.52. The highest BCUT2D eigenvalue weighted by molar-refractivity contribution is 5.96. The van der Waals surface area contributed by atoms with Gasteiger partial charge >= 0.3 is 5.97 Å². The van der Waals surface area contributed by atoms with Crippen molar-refractivity contribution in [3.05, 3.63) is 29.8 Å². The number of carbonyl (C=O) groups excluding carboxylic acids is 1. The Balaban J connectivity index is 1.93. The summed E-state index contributed by atoms with van der Waals surface area (Å²) in [6.07, 6.45) is 2.46. The van der Waals surface area contributed by atoms with Gasteiger partial charge < -0.3 is 15.2 Å². The van der Waals surface area contributed by atoms with E-state index in [0.29, 0.717) is 11.5 Å². The van der Waals surface area contributed by atoms with Crippen LogP contribution < -0.4 is 10.1 Å². The highest BCUT2D eigenvalue weighted by atomic mass is 16.5. The van der Waals surface area contributed by atoms with E-state index in [4.69, 9.17) is 9.84 Å². The molecule has 114 valence electrons. The topological polar surface area (TPSA) is 75.6 Å². The van der Waals surface area contributed by atoms with Crippen LogP contribution in [0.25, 0.3) is 0 Å². The summed E-state index contributed by atoms with van der Waals surface area (Å²) in [7, 11) is 0. The molecule has 1 fully saturated rings. The summed E-state index contributed by atoms with van der Waals surface area (Å²) >= 11 is 0. The minimum atomic E-state index is -1.03. The number of aliphatic carboxylic acids is 1. The quantitative estimate of drug-likeness (QED) is 0.808. The van der Waals surface area contributed by atoms with Crippen molar-refractivity contribution in [3.63, 3.8) is 0 Å². The van der Waals surface area contributed by atoms with Crippen LogP contribution >= 0.6 is 0 Å². The zero-order chi connectivity index (χ0) is 15.4. The Kier molecular flexibility index (Phi) is 4.83. The predicted octanol–water partition coefficient (Wildman–Crippen LogP) is 2.31. The standard InChI is InChI=1S/C16H21NO4/c1-10(2)14(16(19)20)17-15(18)12-5-7-13(8-6-12)21-9-11-3-4-11/h5-8,10-11,14H,3-4,9H2,1-2H3,(H,17,18)(H,19,20)/t14-/m1/s1. The zero-order valence-corrected chi connectivity index (χ0v) is 12.3. The molecule has 5 heteroatoms. The summed E-state index contributed by atoms with van der Waals surface area (Å²) in [5, 5.41) is 11.6. The maximum absolute atomic E-state index is 12.0. The summed E-state index contributed by atoms with van der Waals surface area (Å²) < 4.78 is 5.60. The van der Waals surface area contributed by atoms with Gasteiger partial charge in [0.15, 0.2) is 0 Å². The molecule has 0 radical (unpaired) electrons. The summed E-state index contributed by atoms with van der Waals surface area (Å²) in [6.45, 7) is 4.24. The molecule has 21 heavy (non-hydrogen) atoms. The van der Waals surface area contributed by atoms with E-state index < -0.39 is 12.0 Å². The summed E-state index contributed by atoms with van der Waals surface area (Å²) in [6, 6.07) is 5.89. The molecule has 0 saturated heterocycles. The Bertz CT molecular complexity index is 506. The highest BCUT2D eigenvalue weighted by Gasteiger charge is 2.24. The van der Waals surface area contributed by atoms with E-state index in [2.05, 4.69) is 5.32 Å². The lowest BCUT2D eigenvalue weighted by molar-refractivity contribution is -0.140. The van der Waals surface area contributed by atoms with Gasteiger partial charge in [0.25, 0.3) is 5.91 Å². The van der Waals surface area contributed by atoms with E-state index in [9.17, 15) is 9.59 Å². The van der Waals surface area contributed by atoms with Gasteiger partial charge in [-0.1, -0.05) is 13.8 Å². The van der Waals surface area contributed by atoms with Crippen molar-refractivity contribution in [1.82, 2.24) is 5.32 Å². The summed E-state index contributed by atoms with van der Waals surface area (Å²) in [5.41, 5.74) is 0.431. The third-order valence-electron chi connectivity index (χ3n) is 3.52. The lowest BCUT2D eigenvalue weighted by Gasteiger charge is -2.18. The Labute approximate surface area is 124 Å². The monoisotopic (exact) mass is 291 g/mol. The number of rotatable bonds is 7. The molecule has 1 atom stereocenters. The van der Waals surface area contributed by atoms with E-state index >= 15 is 0 Å². The zero-order valence-electron chi connectivity index (χ0n) is 12.3. The first-order chi connectivity index (χ1) is 9.97. The molecular weight excluding hydrogens is 270 g/mol. The molecule has 0 aromatic heterocycles. The van der Waals surface area contributed by atoms with Crippen molar-refractivity contribution < 1.29 is 19.4 Å². The van der Waals surface area contributed by atoms with Gasteiger partial charge in [0, 0.05) is 5.56 Å². The average Bonchev–Trinajstić information content (AvgIpc) is 3.26. The van der Waals surface area contributed by atoms with Crippen molar-refractivity contribution >= 4 is 11.9 Å². The molecule has 0 aliphatic heterocycles. The Morgan fingerprint density at radius 3 is 2.38 bits per heavy atom. The molecule has 0 unspecified atom stereocenters. The molecule has 1 aliphatic rings. The molecule has 2 rings (SSSR count). The number of benzene rings is 1. The van der Waals surface area contributed by atoms with Crippen LogP contribution in [0.4, 0.5) is 0 Å². The molecule has 1 aromatic carbocycles. The van der Waals surface area contributed by atoms with Crippen molar-refractivity contribution in [3.8, 4) is 5.75 Å². The molecule has 1 aliphatic carbocycles. The van der Waals surface area contributed by atoms with Crippen LogP contribution in [0.2, 0.25) is 0 Å². The van der Waals surface area contributed by atoms with Crippen LogP contribution in [0.3, 0.4) is 0 Å². The number of hydrogen-bond donors (Lipinski definition) is 2. The Morgan fingerprint density at radius 1 is 1.29 bits per heavy atom. The first kappa shape index (κ1) is 15.4. The van der Waals surface area contributed by atoms with Gasteiger partial charge in [-0.05, 0) is 48.9 Å². The number of carboxylic acids is 1. The van der Waals surface area contributed by atoms with Gasteiger partial charge in [-0.3, -0.25) is 4.79 Å². The minimum Gasteiger partial charge on any atom is -0.493 e. The maximum atomic E-state index is 12.0. The van der Waals surface area contributed by atoms with Crippen molar-refractivity contribution in [2.24, 2.45) is 11.8 Å². The smallest absolute Gasteiger partial charge is 0.326 e. The molecule has 0 bridgehead atoms. The van der Waals surface area contributed by atoms with Crippen LogP contribution in [0.5, 0.6) is 5.75 Å². The van der Waals surface area contributed by atoms with Crippen molar-refractivity contribution in [2.75, 3.05) is 6.61 Å². The first-order valence-corrected chi connectivity index (χ1v) is 7.24. The molecule has 1 amide bonds. The largest absolute Gasteiger partial charge is 0.493 e. The molecule has 0 heterocycles. The number of amides is 1. The summed E-state index contributed by atoms with van der Waals surface area (Å²) in [5.74, 6) is -0.174. The van der Waals surface area contributed by atoms with E-state index in [0.717, 1.165) is 12.4 Å². The molecule has 2 N–H and O–H groups in total. The SMILES string of the molecule is CC(C)[C@@H](NC(=O)c1ccc(OCC2CC2)cc1)C(=O)O. The average molecular weight is 291 g/mol. The van der Waals surface area contributed by atoms with E-state index in [1.807, 2.05) is 0 Å². The minimum absolute atomic E-state index is 0.174.